The van der Waals surface area contributed by atoms with Crippen molar-refractivity contribution in [3.63, 3.8) is 0 Å². The fourth-order valence-electron chi connectivity index (χ4n) is 3.90. The minimum absolute atomic E-state index is 0.000952. The maximum absolute atomic E-state index is 13.3. The Morgan fingerprint density at radius 1 is 1.22 bits per heavy atom. The predicted molar refractivity (Wildman–Crippen MR) is 104 cm³/mol. The summed E-state index contributed by atoms with van der Waals surface area (Å²) in [4.78, 5) is 27.7. The van der Waals surface area contributed by atoms with Crippen LogP contribution in [0.5, 0.6) is 0 Å². The maximum atomic E-state index is 13.3. The highest BCUT2D eigenvalue weighted by molar-refractivity contribution is 8.00. The third-order valence-electron chi connectivity index (χ3n) is 5.32. The molecule has 2 aliphatic rings. The van der Waals surface area contributed by atoms with E-state index in [1.165, 1.54) is 43.5 Å². The zero-order chi connectivity index (χ0) is 19.2. The summed E-state index contributed by atoms with van der Waals surface area (Å²) in [6.45, 7) is 0.854. The van der Waals surface area contributed by atoms with Gasteiger partial charge in [-0.2, -0.15) is 0 Å². The normalized spacial score (nSPS) is 23.4. The number of rotatable bonds is 6. The van der Waals surface area contributed by atoms with E-state index in [0.717, 1.165) is 12.8 Å². The van der Waals surface area contributed by atoms with E-state index in [4.69, 9.17) is 4.74 Å². The average Bonchev–Trinajstić information content (AvgIpc) is 3.14. The second-order valence-electron chi connectivity index (χ2n) is 7.14. The van der Waals surface area contributed by atoms with Crippen molar-refractivity contribution in [2.24, 2.45) is 5.92 Å². The number of hydrogen-bond donors (Lipinski definition) is 1. The van der Waals surface area contributed by atoms with Gasteiger partial charge in [0.25, 0.3) is 5.91 Å². The number of carbonyl (C=O) groups excluding carboxylic acids is 2. The summed E-state index contributed by atoms with van der Waals surface area (Å²) in [5.41, 5.74) is 0.425. The lowest BCUT2D eigenvalue weighted by Gasteiger charge is -2.35. The van der Waals surface area contributed by atoms with Crippen LogP contribution < -0.4 is 5.32 Å². The summed E-state index contributed by atoms with van der Waals surface area (Å²) in [7, 11) is 1.58. The smallest absolute Gasteiger partial charge is 0.255 e. The Labute approximate surface area is 164 Å². The molecule has 1 aliphatic heterocycles. The van der Waals surface area contributed by atoms with E-state index >= 15 is 0 Å². The first kappa shape index (κ1) is 20.1. The van der Waals surface area contributed by atoms with Crippen molar-refractivity contribution >= 4 is 23.6 Å². The van der Waals surface area contributed by atoms with E-state index in [1.807, 2.05) is 0 Å². The Kier molecular flexibility index (Phi) is 7.13. The van der Waals surface area contributed by atoms with Gasteiger partial charge in [0, 0.05) is 25.0 Å². The minimum atomic E-state index is -0.503. The van der Waals surface area contributed by atoms with E-state index < -0.39 is 6.04 Å². The van der Waals surface area contributed by atoms with Crippen LogP contribution in [0.4, 0.5) is 4.39 Å². The highest BCUT2D eigenvalue weighted by Gasteiger charge is 2.45. The molecule has 0 bridgehead atoms. The lowest BCUT2D eigenvalue weighted by molar-refractivity contribution is -0.125. The van der Waals surface area contributed by atoms with E-state index in [-0.39, 0.29) is 23.0 Å². The Balaban J connectivity index is 1.80. The Hall–Kier alpha value is -1.60. The van der Waals surface area contributed by atoms with Gasteiger partial charge in [-0.05, 0) is 43.0 Å². The number of hydrogen-bond acceptors (Lipinski definition) is 4. The number of nitrogens with one attached hydrogen (secondary N) is 1. The first-order valence-electron chi connectivity index (χ1n) is 9.58. The molecule has 0 unspecified atom stereocenters. The molecule has 1 N–H and O–H groups in total. The maximum Gasteiger partial charge on any atom is 0.255 e. The zero-order valence-corrected chi connectivity index (χ0v) is 16.5. The summed E-state index contributed by atoms with van der Waals surface area (Å²) >= 11 is 1.70. The first-order chi connectivity index (χ1) is 13.1. The number of carbonyl (C=O) groups is 2. The summed E-state index contributed by atoms with van der Waals surface area (Å²) in [5, 5.41) is 2.86. The van der Waals surface area contributed by atoms with Gasteiger partial charge < -0.3 is 15.0 Å². The highest BCUT2D eigenvalue weighted by atomic mass is 32.2. The predicted octanol–water partition coefficient (Wildman–Crippen LogP) is 3.05. The van der Waals surface area contributed by atoms with E-state index in [2.05, 4.69) is 5.32 Å². The van der Waals surface area contributed by atoms with Gasteiger partial charge in [0.2, 0.25) is 5.91 Å². The monoisotopic (exact) mass is 394 g/mol. The van der Waals surface area contributed by atoms with Gasteiger partial charge >= 0.3 is 0 Å². The molecule has 5 nitrogen and oxygen atoms in total. The van der Waals surface area contributed by atoms with Gasteiger partial charge in [0.05, 0.1) is 12.0 Å². The molecule has 3 rings (SSSR count). The van der Waals surface area contributed by atoms with E-state index in [9.17, 15) is 14.0 Å². The fourth-order valence-corrected chi connectivity index (χ4v) is 5.54. The number of ether oxygens (including phenoxy) is 1. The minimum Gasteiger partial charge on any atom is -0.383 e. The molecule has 148 valence electrons. The quantitative estimate of drug-likeness (QED) is 0.754. The van der Waals surface area contributed by atoms with Crippen LogP contribution in [0.1, 0.15) is 42.5 Å². The van der Waals surface area contributed by atoms with Crippen molar-refractivity contribution in [3.8, 4) is 0 Å². The molecular formula is C20H27FN2O3S. The summed E-state index contributed by atoms with van der Waals surface area (Å²) in [6, 6.07) is 5.08. The molecule has 27 heavy (non-hydrogen) atoms. The van der Waals surface area contributed by atoms with Crippen LogP contribution in [-0.2, 0) is 9.53 Å². The van der Waals surface area contributed by atoms with Crippen molar-refractivity contribution in [2.45, 2.75) is 43.5 Å². The first-order valence-corrected chi connectivity index (χ1v) is 10.6. The average molecular weight is 395 g/mol. The van der Waals surface area contributed by atoms with Gasteiger partial charge in [-0.1, -0.05) is 19.3 Å². The number of halogens is 1. The molecule has 1 aromatic rings. The molecule has 0 radical (unpaired) electrons. The van der Waals surface area contributed by atoms with Crippen LogP contribution in [0, 0.1) is 11.7 Å². The topological polar surface area (TPSA) is 58.6 Å². The van der Waals surface area contributed by atoms with Gasteiger partial charge in [-0.15, -0.1) is 11.8 Å². The molecule has 1 aliphatic carbocycles. The van der Waals surface area contributed by atoms with Crippen molar-refractivity contribution < 1.29 is 18.7 Å². The van der Waals surface area contributed by atoms with E-state index in [0.29, 0.717) is 30.4 Å². The number of nitrogens with zero attached hydrogens (tertiary/aromatic N) is 1. The van der Waals surface area contributed by atoms with E-state index in [1.54, 1.807) is 23.8 Å². The molecule has 0 aromatic heterocycles. The molecule has 7 heteroatoms. The molecule has 2 fully saturated rings. The SMILES string of the molecule is COCCNC(=O)[C@H]1CS[C@@H](C2CCCCC2)N1C(=O)c1ccc(F)cc1. The molecule has 1 saturated carbocycles. The van der Waals surface area contributed by atoms with Crippen LogP contribution >= 0.6 is 11.8 Å². The van der Waals surface area contributed by atoms with Crippen molar-refractivity contribution in [1.29, 1.82) is 0 Å². The molecule has 2 amide bonds. The second kappa shape index (κ2) is 9.55. The van der Waals surface area contributed by atoms with Crippen LogP contribution in [-0.4, -0.2) is 54.1 Å². The second-order valence-corrected chi connectivity index (χ2v) is 8.29. The van der Waals surface area contributed by atoms with Crippen LogP contribution in [0.2, 0.25) is 0 Å². The molecular weight excluding hydrogens is 367 g/mol. The summed E-state index contributed by atoms with van der Waals surface area (Å²) < 4.78 is 18.3. The van der Waals surface area contributed by atoms with Crippen molar-refractivity contribution in [2.75, 3.05) is 26.0 Å². The number of thioether (sulfide) groups is 1. The van der Waals surface area contributed by atoms with Gasteiger partial charge in [0.15, 0.2) is 0 Å². The zero-order valence-electron chi connectivity index (χ0n) is 15.7. The molecule has 1 heterocycles. The number of amides is 2. The van der Waals surface area contributed by atoms with Gasteiger partial charge in [-0.3, -0.25) is 9.59 Å². The Morgan fingerprint density at radius 3 is 2.59 bits per heavy atom. The molecule has 1 aromatic carbocycles. The molecule has 2 atom stereocenters. The van der Waals surface area contributed by atoms with Gasteiger partial charge in [0.1, 0.15) is 11.9 Å². The van der Waals surface area contributed by atoms with Crippen molar-refractivity contribution in [3.05, 3.63) is 35.6 Å². The Morgan fingerprint density at radius 2 is 1.93 bits per heavy atom. The van der Waals surface area contributed by atoms with Crippen LogP contribution in [0.25, 0.3) is 0 Å². The fraction of sp³-hybridized carbons (Fsp3) is 0.600. The Bertz CT molecular complexity index is 649. The van der Waals surface area contributed by atoms with Crippen LogP contribution in [0.3, 0.4) is 0 Å². The molecule has 1 saturated heterocycles. The van der Waals surface area contributed by atoms with Gasteiger partial charge in [-0.25, -0.2) is 4.39 Å². The van der Waals surface area contributed by atoms with Crippen LogP contribution in [0.15, 0.2) is 24.3 Å². The highest BCUT2D eigenvalue weighted by Crippen LogP contribution is 2.41. The van der Waals surface area contributed by atoms with Crippen molar-refractivity contribution in [1.82, 2.24) is 10.2 Å². The third-order valence-corrected chi connectivity index (χ3v) is 6.78. The largest absolute Gasteiger partial charge is 0.383 e. The summed E-state index contributed by atoms with van der Waals surface area (Å²) in [5.74, 6) is 0.285. The lowest BCUT2D eigenvalue weighted by atomic mass is 9.88. The lowest BCUT2D eigenvalue weighted by Crippen LogP contribution is -2.51. The number of benzene rings is 1. The summed E-state index contributed by atoms with van der Waals surface area (Å²) in [6.07, 6.45) is 5.75. The third kappa shape index (κ3) is 4.82. The molecule has 0 spiro atoms. The standard InChI is InChI=1S/C20H27FN2O3S/c1-26-12-11-22-18(24)17-13-27-20(15-5-3-2-4-6-15)23(17)19(25)14-7-9-16(21)10-8-14/h7-10,15,17,20H,2-6,11-13H2,1H3,(H,22,24)/t17-,20+/m1/s1. The number of methoxy groups -OCH3 is 1.